The van der Waals surface area contributed by atoms with Crippen molar-refractivity contribution in [1.82, 2.24) is 19.1 Å². The third kappa shape index (κ3) is 3.43. The smallest absolute Gasteiger partial charge is 0.306 e. The summed E-state index contributed by atoms with van der Waals surface area (Å²) in [6, 6.07) is 42.3. The fraction of sp³-hybridized carbons (Fsp3) is 0. The monoisotopic (exact) mass is 536 g/mol. The summed E-state index contributed by atoms with van der Waals surface area (Å²) < 4.78 is 4.34. The molecule has 0 radical (unpaired) electrons. The van der Waals surface area contributed by atoms with Crippen LogP contribution in [-0.4, -0.2) is 19.1 Å². The van der Waals surface area contributed by atoms with E-state index in [2.05, 4.69) is 110 Å². The molecule has 0 fully saturated rings. The van der Waals surface area contributed by atoms with Crippen LogP contribution in [0.1, 0.15) is 5.69 Å². The number of aromatic nitrogens is 4. The molecule has 3 heterocycles. The minimum atomic E-state index is 0.00705. The van der Waals surface area contributed by atoms with Crippen molar-refractivity contribution in [1.29, 1.82) is 5.26 Å². The summed E-state index contributed by atoms with van der Waals surface area (Å²) >= 11 is 0. The molecule has 0 bridgehead atoms. The molecular weight excluding hydrogens is 516 g/mol. The second-order valence-electron chi connectivity index (χ2n) is 10.1. The van der Waals surface area contributed by atoms with Crippen LogP contribution < -0.4 is 0 Å². The van der Waals surface area contributed by atoms with Gasteiger partial charge in [0.25, 0.3) is 0 Å². The highest BCUT2D eigenvalue weighted by Gasteiger charge is 2.18. The van der Waals surface area contributed by atoms with Crippen molar-refractivity contribution in [3.05, 3.63) is 139 Å². The van der Waals surface area contributed by atoms with Crippen LogP contribution in [0.4, 0.5) is 5.82 Å². The Morgan fingerprint density at radius 3 is 2.00 bits per heavy atom. The maximum atomic E-state index is 9.57. The lowest BCUT2D eigenvalue weighted by atomic mass is 10.0. The SMILES string of the molecule is [C-]#[N+]c1ncc(-n2c3ccccc3c3cc(-c4ccc5c6ccccc6n(-c6ccccc6)c5c4)ccc32)nc1C#N. The molecule has 6 nitrogen and oxygen atoms in total. The van der Waals surface area contributed by atoms with Gasteiger partial charge in [0.15, 0.2) is 17.7 Å². The van der Waals surface area contributed by atoms with Crippen LogP contribution in [0.15, 0.2) is 121 Å². The molecule has 0 aliphatic carbocycles. The van der Waals surface area contributed by atoms with Gasteiger partial charge in [0.1, 0.15) is 6.07 Å². The molecule has 0 aliphatic rings. The zero-order valence-electron chi connectivity index (χ0n) is 22.2. The number of para-hydroxylation sites is 3. The van der Waals surface area contributed by atoms with E-state index in [9.17, 15) is 5.26 Å². The second kappa shape index (κ2) is 9.16. The quantitative estimate of drug-likeness (QED) is 0.212. The van der Waals surface area contributed by atoms with Gasteiger partial charge in [0, 0.05) is 27.2 Å². The van der Waals surface area contributed by atoms with E-state index in [1.807, 2.05) is 34.9 Å². The molecule has 0 N–H and O–H groups in total. The van der Waals surface area contributed by atoms with Gasteiger partial charge >= 0.3 is 5.82 Å². The molecule has 8 aromatic rings. The van der Waals surface area contributed by atoms with Gasteiger partial charge in [0.2, 0.25) is 0 Å². The molecule has 194 valence electrons. The summed E-state index contributed by atoms with van der Waals surface area (Å²) in [4.78, 5) is 12.1. The van der Waals surface area contributed by atoms with Gasteiger partial charge in [0.05, 0.1) is 22.1 Å². The Morgan fingerprint density at radius 1 is 0.619 bits per heavy atom. The average Bonchev–Trinajstić information content (AvgIpc) is 3.57. The van der Waals surface area contributed by atoms with Crippen molar-refractivity contribution < 1.29 is 0 Å². The Balaban J connectivity index is 1.36. The van der Waals surface area contributed by atoms with E-state index in [1.165, 1.54) is 16.3 Å². The van der Waals surface area contributed by atoms with E-state index in [1.54, 1.807) is 6.20 Å². The van der Waals surface area contributed by atoms with E-state index in [0.29, 0.717) is 5.82 Å². The predicted molar refractivity (Wildman–Crippen MR) is 167 cm³/mol. The predicted octanol–water partition coefficient (Wildman–Crippen LogP) is 8.76. The van der Waals surface area contributed by atoms with Crippen molar-refractivity contribution >= 4 is 49.4 Å². The highest BCUT2D eigenvalue weighted by molar-refractivity contribution is 6.12. The Hall–Kier alpha value is -6.24. The number of benzene rings is 5. The maximum absolute atomic E-state index is 9.57. The maximum Gasteiger partial charge on any atom is 0.306 e. The first kappa shape index (κ1) is 23.6. The molecule has 0 atom stereocenters. The van der Waals surface area contributed by atoms with Crippen molar-refractivity contribution in [2.45, 2.75) is 0 Å². The minimum absolute atomic E-state index is 0.00705. The lowest BCUT2D eigenvalue weighted by molar-refractivity contribution is 1.04. The van der Waals surface area contributed by atoms with Crippen molar-refractivity contribution in [3.63, 3.8) is 0 Å². The van der Waals surface area contributed by atoms with Gasteiger partial charge in [-0.2, -0.15) is 5.26 Å². The largest absolute Gasteiger partial charge is 0.358 e. The van der Waals surface area contributed by atoms with Crippen LogP contribution in [0.25, 0.3) is 71.1 Å². The molecule has 3 aromatic heterocycles. The van der Waals surface area contributed by atoms with Crippen molar-refractivity contribution in [2.75, 3.05) is 0 Å². The number of nitrogens with zero attached hydrogens (tertiary/aromatic N) is 6. The summed E-state index contributed by atoms with van der Waals surface area (Å²) in [5, 5.41) is 14.1. The molecular formula is C36H20N6. The first-order valence-electron chi connectivity index (χ1n) is 13.5. The summed E-state index contributed by atoms with van der Waals surface area (Å²) in [6.45, 7) is 7.31. The normalized spacial score (nSPS) is 11.3. The van der Waals surface area contributed by atoms with Crippen LogP contribution in [0.2, 0.25) is 0 Å². The molecule has 0 saturated heterocycles. The van der Waals surface area contributed by atoms with E-state index >= 15 is 0 Å². The first-order valence-corrected chi connectivity index (χ1v) is 13.5. The average molecular weight is 537 g/mol. The summed E-state index contributed by atoms with van der Waals surface area (Å²) in [5.74, 6) is 0.513. The Labute approximate surface area is 240 Å². The minimum Gasteiger partial charge on any atom is -0.358 e. The molecule has 0 unspecified atom stereocenters. The Kier molecular flexibility index (Phi) is 5.15. The Bertz CT molecular complexity index is 2430. The van der Waals surface area contributed by atoms with Crippen LogP contribution in [0.3, 0.4) is 0 Å². The van der Waals surface area contributed by atoms with Crippen LogP contribution in [0, 0.1) is 17.9 Å². The van der Waals surface area contributed by atoms with Crippen molar-refractivity contribution in [3.8, 4) is 28.7 Å². The third-order valence-corrected chi connectivity index (χ3v) is 7.88. The molecule has 42 heavy (non-hydrogen) atoms. The number of rotatable bonds is 3. The molecule has 5 aromatic carbocycles. The first-order chi connectivity index (χ1) is 20.7. The van der Waals surface area contributed by atoms with Gasteiger partial charge in [-0.05, 0) is 53.6 Å². The lowest BCUT2D eigenvalue weighted by Crippen LogP contribution is -2.00. The van der Waals surface area contributed by atoms with Crippen LogP contribution in [-0.2, 0) is 0 Å². The fourth-order valence-electron chi connectivity index (χ4n) is 6.04. The van der Waals surface area contributed by atoms with Gasteiger partial charge in [-0.25, -0.2) is 4.98 Å². The van der Waals surface area contributed by atoms with E-state index in [4.69, 9.17) is 6.57 Å². The van der Waals surface area contributed by atoms with Gasteiger partial charge in [-0.3, -0.25) is 4.57 Å². The standard InChI is InChI=1S/C36H20N6/c1-38-36-30(21-37)40-35(22-39-36)42-32-14-8-6-12-27(32)29-19-23(16-18-33(29)42)24-15-17-28-26-11-5-7-13-31(26)41(34(28)20-24)25-9-3-2-4-10-25/h2-20,22H. The van der Waals surface area contributed by atoms with Crippen molar-refractivity contribution in [2.24, 2.45) is 0 Å². The lowest BCUT2D eigenvalue weighted by Gasteiger charge is -2.09. The number of hydrogen-bond donors (Lipinski definition) is 0. The van der Waals surface area contributed by atoms with Gasteiger partial charge in [-0.1, -0.05) is 79.4 Å². The molecule has 0 spiro atoms. The molecule has 0 amide bonds. The molecule has 0 saturated carbocycles. The topological polar surface area (TPSA) is 63.8 Å². The number of nitriles is 1. The van der Waals surface area contributed by atoms with E-state index in [-0.39, 0.29) is 11.5 Å². The Morgan fingerprint density at radius 2 is 1.24 bits per heavy atom. The fourth-order valence-corrected chi connectivity index (χ4v) is 6.04. The molecule has 6 heteroatoms. The number of fused-ring (bicyclic) bond motifs is 6. The summed E-state index contributed by atoms with van der Waals surface area (Å²) in [6.07, 6.45) is 1.56. The summed E-state index contributed by atoms with van der Waals surface area (Å²) in [7, 11) is 0. The molecule has 0 aliphatic heterocycles. The van der Waals surface area contributed by atoms with Gasteiger partial charge in [-0.15, -0.1) is 4.98 Å². The molecule has 8 rings (SSSR count). The van der Waals surface area contributed by atoms with Gasteiger partial charge < -0.3 is 9.41 Å². The third-order valence-electron chi connectivity index (χ3n) is 7.88. The highest BCUT2D eigenvalue weighted by atomic mass is 15.1. The summed E-state index contributed by atoms with van der Waals surface area (Å²) in [5.41, 5.74) is 7.61. The van der Waals surface area contributed by atoms with Crippen LogP contribution >= 0.6 is 0 Å². The van der Waals surface area contributed by atoms with Crippen LogP contribution in [0.5, 0.6) is 0 Å². The van der Waals surface area contributed by atoms with E-state index in [0.717, 1.165) is 44.1 Å². The number of hydrogen-bond acceptors (Lipinski definition) is 3. The zero-order chi connectivity index (χ0) is 28.2. The second-order valence-corrected chi connectivity index (χ2v) is 10.1. The van der Waals surface area contributed by atoms with E-state index < -0.39 is 0 Å². The highest BCUT2D eigenvalue weighted by Crippen LogP contribution is 2.38. The zero-order valence-corrected chi connectivity index (χ0v) is 22.2.